The first-order chi connectivity index (χ1) is 28.2. The molecule has 1 saturated carbocycles. The van der Waals surface area contributed by atoms with Crippen molar-refractivity contribution < 1.29 is 14.4 Å². The molecule has 1 spiro atoms. The largest absolute Gasteiger partial charge is 0.385 e. The second-order valence-corrected chi connectivity index (χ2v) is 17.1. The van der Waals surface area contributed by atoms with Crippen LogP contribution in [-0.2, 0) is 22.1 Å². The Labute approximate surface area is 336 Å². The molecule has 5 aliphatic rings. The summed E-state index contributed by atoms with van der Waals surface area (Å²) in [6.07, 6.45) is 9.69. The number of rotatable bonds is 9. The topological polar surface area (TPSA) is 154 Å². The number of imide groups is 1. The predicted octanol–water partition coefficient (Wildman–Crippen LogP) is 4.09. The number of para-hydroxylation sites is 2. The van der Waals surface area contributed by atoms with Gasteiger partial charge in [-0.2, -0.15) is 0 Å². The lowest BCUT2D eigenvalue weighted by atomic mass is 9.74. The first-order valence-corrected chi connectivity index (χ1v) is 21.0. The number of hydrogen-bond donors (Lipinski definition) is 3. The number of imidazole rings is 2. The van der Waals surface area contributed by atoms with Crippen LogP contribution in [0.15, 0.2) is 59.5 Å². The van der Waals surface area contributed by atoms with Gasteiger partial charge in [0.1, 0.15) is 6.04 Å². The first-order valence-electron chi connectivity index (χ1n) is 21.0. The van der Waals surface area contributed by atoms with Crippen molar-refractivity contribution in [2.24, 2.45) is 13.0 Å². The molecule has 10 rings (SSSR count). The molecule has 5 aromatic rings. The minimum atomic E-state index is -0.691. The summed E-state index contributed by atoms with van der Waals surface area (Å²) in [5, 5.41) is 13.8. The second-order valence-electron chi connectivity index (χ2n) is 17.1. The third kappa shape index (κ3) is 6.21. The van der Waals surface area contributed by atoms with E-state index in [2.05, 4.69) is 72.0 Å². The lowest BCUT2D eigenvalue weighted by Gasteiger charge is -2.41. The molecule has 3 saturated heterocycles. The molecule has 1 atom stereocenters. The van der Waals surface area contributed by atoms with Crippen molar-refractivity contribution >= 4 is 57.3 Å². The predicted molar refractivity (Wildman–Crippen MR) is 222 cm³/mol. The van der Waals surface area contributed by atoms with Crippen molar-refractivity contribution in [3.05, 3.63) is 76.5 Å². The fourth-order valence-corrected chi connectivity index (χ4v) is 10.1. The van der Waals surface area contributed by atoms with Crippen molar-refractivity contribution in [3.8, 4) is 0 Å². The molecule has 0 bridgehead atoms. The Morgan fingerprint density at radius 1 is 0.948 bits per heavy atom. The normalized spacial score (nSPS) is 21.2. The van der Waals surface area contributed by atoms with Crippen molar-refractivity contribution in [2.45, 2.75) is 75.3 Å². The number of aromatic nitrogens is 5. The van der Waals surface area contributed by atoms with Gasteiger partial charge < -0.3 is 25.3 Å². The van der Waals surface area contributed by atoms with E-state index in [9.17, 15) is 19.2 Å². The second kappa shape index (κ2) is 14.3. The molecule has 4 aliphatic heterocycles. The van der Waals surface area contributed by atoms with Gasteiger partial charge in [-0.1, -0.05) is 24.3 Å². The van der Waals surface area contributed by atoms with Crippen LogP contribution in [-0.4, -0.2) is 98.7 Å². The SMILES string of the molecule is CNc1cc(N2CC3(CCN(CCC4CCN(c5cccc6c5n(C)c(=O)n6C5CCC(=O)NC5=O)CC4)CC3)c3ccccc32)nn2c(C(=O)NC3CC3)cnc12. The Hall–Kier alpha value is -5.70. The highest BCUT2D eigenvalue weighted by atomic mass is 16.2. The molecule has 2 aromatic carbocycles. The van der Waals surface area contributed by atoms with Gasteiger partial charge >= 0.3 is 5.69 Å². The van der Waals surface area contributed by atoms with E-state index >= 15 is 0 Å². The molecule has 58 heavy (non-hydrogen) atoms. The van der Waals surface area contributed by atoms with E-state index < -0.39 is 11.9 Å². The minimum absolute atomic E-state index is 0.0221. The molecular weight excluding hydrogens is 735 g/mol. The van der Waals surface area contributed by atoms with E-state index in [0.717, 1.165) is 112 Å². The van der Waals surface area contributed by atoms with Crippen molar-refractivity contribution in [3.63, 3.8) is 0 Å². The summed E-state index contributed by atoms with van der Waals surface area (Å²) >= 11 is 0. The first kappa shape index (κ1) is 36.6. The summed E-state index contributed by atoms with van der Waals surface area (Å²) in [5.74, 6) is 0.599. The van der Waals surface area contributed by atoms with Gasteiger partial charge in [0.2, 0.25) is 11.8 Å². The zero-order valence-corrected chi connectivity index (χ0v) is 33.2. The average molecular weight is 786 g/mol. The van der Waals surface area contributed by atoms with Crippen LogP contribution in [0.25, 0.3) is 16.7 Å². The molecule has 4 fully saturated rings. The summed E-state index contributed by atoms with van der Waals surface area (Å²) in [4.78, 5) is 63.2. The number of benzene rings is 2. The number of carbonyl (C=O) groups excluding carboxylic acids is 3. The average Bonchev–Trinajstić information content (AvgIpc) is 3.78. The zero-order chi connectivity index (χ0) is 39.7. The lowest BCUT2D eigenvalue weighted by molar-refractivity contribution is -0.135. The van der Waals surface area contributed by atoms with Crippen LogP contribution >= 0.6 is 0 Å². The lowest BCUT2D eigenvalue weighted by Crippen LogP contribution is -2.45. The van der Waals surface area contributed by atoms with Crippen LogP contribution < -0.4 is 31.4 Å². The number of likely N-dealkylation sites (tertiary alicyclic amines) is 1. The van der Waals surface area contributed by atoms with Crippen LogP contribution in [0.4, 0.5) is 22.9 Å². The van der Waals surface area contributed by atoms with Gasteiger partial charge in [0.15, 0.2) is 17.2 Å². The molecule has 3 amide bonds. The Morgan fingerprint density at radius 3 is 2.48 bits per heavy atom. The maximum Gasteiger partial charge on any atom is 0.329 e. The van der Waals surface area contributed by atoms with Gasteiger partial charge in [0.05, 0.1) is 28.6 Å². The van der Waals surface area contributed by atoms with E-state index in [1.54, 1.807) is 26.9 Å². The number of aryl methyl sites for hydroxylation is 1. The number of amides is 3. The maximum absolute atomic E-state index is 13.5. The van der Waals surface area contributed by atoms with Crippen LogP contribution in [0.2, 0.25) is 0 Å². The van der Waals surface area contributed by atoms with Crippen LogP contribution in [0.1, 0.15) is 79.9 Å². The number of anilines is 4. The standard InChI is InChI=1S/C43H51N11O4/c1-44-30-24-36(48-54-35(25-45-39(30)54)41(57)46-28-10-11-28)52-26-43(29-6-3-4-7-31(29)52)17-22-50(23-18-43)19-14-27-15-20-51(21-16-27)32-8-5-9-33-38(32)49(2)42(58)53(33)34-12-13-37(55)47-40(34)56/h3-9,24-25,27-28,34,44H,10-23,26H2,1-2H3,(H,46,57)(H,47,55,56). The monoisotopic (exact) mass is 785 g/mol. The molecule has 3 aromatic heterocycles. The maximum atomic E-state index is 13.5. The van der Waals surface area contributed by atoms with Crippen LogP contribution in [0, 0.1) is 5.92 Å². The molecule has 1 aliphatic carbocycles. The van der Waals surface area contributed by atoms with Crippen molar-refractivity contribution in [1.29, 1.82) is 0 Å². The minimum Gasteiger partial charge on any atom is -0.385 e. The summed E-state index contributed by atoms with van der Waals surface area (Å²) in [6.45, 7) is 5.84. The molecule has 3 N–H and O–H groups in total. The Kier molecular flexibility index (Phi) is 9.03. The number of nitrogens with one attached hydrogen (secondary N) is 3. The molecule has 1 unspecified atom stereocenters. The number of fused-ring (bicyclic) bond motifs is 4. The fraction of sp³-hybridized carbons (Fsp3) is 0.488. The molecule has 15 nitrogen and oxygen atoms in total. The molecular formula is C43H51N11O4. The highest BCUT2D eigenvalue weighted by Crippen LogP contribution is 2.49. The van der Waals surface area contributed by atoms with Gasteiger partial charge in [-0.25, -0.2) is 14.3 Å². The van der Waals surface area contributed by atoms with E-state index in [4.69, 9.17) is 5.10 Å². The van der Waals surface area contributed by atoms with Gasteiger partial charge in [-0.15, -0.1) is 5.10 Å². The van der Waals surface area contributed by atoms with Gasteiger partial charge in [-0.3, -0.25) is 28.8 Å². The Morgan fingerprint density at radius 2 is 1.72 bits per heavy atom. The quantitative estimate of drug-likeness (QED) is 0.186. The smallest absolute Gasteiger partial charge is 0.329 e. The molecule has 15 heteroatoms. The van der Waals surface area contributed by atoms with E-state index in [-0.39, 0.29) is 35.4 Å². The molecule has 302 valence electrons. The van der Waals surface area contributed by atoms with E-state index in [0.29, 0.717) is 23.7 Å². The van der Waals surface area contributed by atoms with Crippen LogP contribution in [0.3, 0.4) is 0 Å². The number of nitrogens with zero attached hydrogens (tertiary/aromatic N) is 8. The highest BCUT2D eigenvalue weighted by Gasteiger charge is 2.45. The van der Waals surface area contributed by atoms with Gasteiger partial charge in [-0.05, 0) is 101 Å². The third-order valence-corrected chi connectivity index (χ3v) is 13.6. The summed E-state index contributed by atoms with van der Waals surface area (Å²) in [7, 11) is 3.66. The zero-order valence-electron chi connectivity index (χ0n) is 33.2. The van der Waals surface area contributed by atoms with E-state index in [1.807, 2.05) is 19.2 Å². The summed E-state index contributed by atoms with van der Waals surface area (Å²) in [6, 6.07) is 16.3. The molecule has 0 radical (unpaired) electrons. The van der Waals surface area contributed by atoms with Gasteiger partial charge in [0, 0.05) is 63.4 Å². The number of carbonyl (C=O) groups is 3. The fourth-order valence-electron chi connectivity index (χ4n) is 10.1. The van der Waals surface area contributed by atoms with E-state index in [1.165, 1.54) is 11.3 Å². The van der Waals surface area contributed by atoms with Crippen molar-refractivity contribution in [2.75, 3.05) is 61.4 Å². The number of piperidine rings is 3. The number of hydrogen-bond acceptors (Lipinski definition) is 10. The highest BCUT2D eigenvalue weighted by molar-refractivity contribution is 6.00. The summed E-state index contributed by atoms with van der Waals surface area (Å²) in [5.41, 5.74) is 6.88. The Bertz CT molecular complexity index is 2500. The molecule has 7 heterocycles. The van der Waals surface area contributed by atoms with Gasteiger partial charge in [0.25, 0.3) is 5.91 Å². The van der Waals surface area contributed by atoms with Crippen LogP contribution in [0.5, 0.6) is 0 Å². The summed E-state index contributed by atoms with van der Waals surface area (Å²) < 4.78 is 4.93. The third-order valence-electron chi connectivity index (χ3n) is 13.6. The Balaban J connectivity index is 0.789. The van der Waals surface area contributed by atoms with Crippen molar-refractivity contribution in [1.82, 2.24) is 39.3 Å².